The predicted molar refractivity (Wildman–Crippen MR) is 78.5 cm³/mol. The van der Waals surface area contributed by atoms with Gasteiger partial charge in [-0.2, -0.15) is 0 Å². The molecule has 1 rings (SSSR count). The lowest BCUT2D eigenvalue weighted by Crippen LogP contribution is -2.56. The Morgan fingerprint density at radius 3 is 1.90 bits per heavy atom. The first-order valence-electron chi connectivity index (χ1n) is 7.59. The van der Waals surface area contributed by atoms with E-state index in [1.807, 2.05) is 27.7 Å². The van der Waals surface area contributed by atoms with Crippen LogP contribution in [0.3, 0.4) is 0 Å². The molecule has 1 heterocycles. The van der Waals surface area contributed by atoms with Crippen LogP contribution in [0.25, 0.3) is 0 Å². The minimum absolute atomic E-state index is 0.354. The second-order valence-electron chi connectivity index (χ2n) is 5.21. The number of cyclic esters (lactones) is 2. The van der Waals surface area contributed by atoms with Gasteiger partial charge in [0.2, 0.25) is 0 Å². The van der Waals surface area contributed by atoms with Gasteiger partial charge in [-0.15, -0.1) is 0 Å². The first kappa shape index (κ1) is 18.3. The van der Waals surface area contributed by atoms with Crippen LogP contribution in [0.4, 0.5) is 0 Å². The third kappa shape index (κ3) is 3.36. The fraction of sp³-hybridized carbons (Fsp3) is 0.857. The second kappa shape index (κ2) is 7.48. The number of ether oxygens (including phenoxy) is 1. The fourth-order valence-corrected chi connectivity index (χ4v) is 6.27. The van der Waals surface area contributed by atoms with Crippen LogP contribution in [-0.4, -0.2) is 40.6 Å². The summed E-state index contributed by atoms with van der Waals surface area (Å²) in [6.45, 7) is 10.2. The van der Waals surface area contributed by atoms with Crippen molar-refractivity contribution in [3.63, 3.8) is 0 Å². The highest BCUT2D eigenvalue weighted by molar-refractivity contribution is 6.67. The molecule has 0 aromatic heterocycles. The number of hydrogen-bond acceptors (Lipinski definition) is 6. The SMILES string of the molecule is CCCC1(C)C(=O)OC(=O)C1[Si](OCC)(OCC)OCC. The summed E-state index contributed by atoms with van der Waals surface area (Å²) in [7, 11) is -3.34. The van der Waals surface area contributed by atoms with Gasteiger partial charge in [0, 0.05) is 19.8 Å². The molecule has 2 unspecified atom stereocenters. The van der Waals surface area contributed by atoms with E-state index >= 15 is 0 Å². The Morgan fingerprint density at radius 2 is 1.52 bits per heavy atom. The van der Waals surface area contributed by atoms with Gasteiger partial charge in [-0.25, -0.2) is 0 Å². The summed E-state index contributed by atoms with van der Waals surface area (Å²) in [6, 6.07) is 0. The fourth-order valence-electron chi connectivity index (χ4n) is 2.92. The van der Waals surface area contributed by atoms with Gasteiger partial charge >= 0.3 is 20.7 Å². The predicted octanol–water partition coefficient (Wildman–Crippen LogP) is 2.29. The third-order valence-corrected chi connectivity index (χ3v) is 7.34. The Bertz CT molecular complexity index is 369. The van der Waals surface area contributed by atoms with Crippen LogP contribution in [0.15, 0.2) is 0 Å². The lowest BCUT2D eigenvalue weighted by atomic mass is 9.83. The van der Waals surface area contributed by atoms with Gasteiger partial charge in [-0.3, -0.25) is 9.59 Å². The van der Waals surface area contributed by atoms with Gasteiger partial charge in [-0.1, -0.05) is 13.3 Å². The normalized spacial score (nSPS) is 26.2. The molecule has 0 spiro atoms. The van der Waals surface area contributed by atoms with E-state index in [0.717, 1.165) is 6.42 Å². The van der Waals surface area contributed by atoms with Crippen molar-refractivity contribution in [1.29, 1.82) is 0 Å². The third-order valence-electron chi connectivity index (χ3n) is 3.69. The minimum Gasteiger partial charge on any atom is -0.393 e. The van der Waals surface area contributed by atoms with E-state index in [2.05, 4.69) is 0 Å². The van der Waals surface area contributed by atoms with E-state index in [1.165, 1.54) is 0 Å². The second-order valence-corrected chi connectivity index (χ2v) is 7.86. The maximum Gasteiger partial charge on any atom is 0.517 e. The Morgan fingerprint density at radius 1 is 1.05 bits per heavy atom. The summed E-state index contributed by atoms with van der Waals surface area (Å²) >= 11 is 0. The monoisotopic (exact) mass is 318 g/mol. The zero-order chi connectivity index (χ0) is 16.1. The molecule has 122 valence electrons. The molecule has 0 N–H and O–H groups in total. The van der Waals surface area contributed by atoms with E-state index in [0.29, 0.717) is 26.2 Å². The zero-order valence-electron chi connectivity index (χ0n) is 13.6. The van der Waals surface area contributed by atoms with Gasteiger partial charge < -0.3 is 18.0 Å². The first-order valence-corrected chi connectivity index (χ1v) is 9.39. The maximum absolute atomic E-state index is 12.3. The highest BCUT2D eigenvalue weighted by Crippen LogP contribution is 2.50. The van der Waals surface area contributed by atoms with E-state index in [9.17, 15) is 9.59 Å². The van der Waals surface area contributed by atoms with Gasteiger partial charge in [0.15, 0.2) is 0 Å². The van der Waals surface area contributed by atoms with Crippen molar-refractivity contribution in [2.75, 3.05) is 19.8 Å². The summed E-state index contributed by atoms with van der Waals surface area (Å²) < 4.78 is 22.3. The zero-order valence-corrected chi connectivity index (χ0v) is 14.6. The topological polar surface area (TPSA) is 71.1 Å². The van der Waals surface area contributed by atoms with Crippen molar-refractivity contribution in [2.45, 2.75) is 53.0 Å². The summed E-state index contributed by atoms with van der Waals surface area (Å²) in [6.07, 6.45) is 1.29. The number of esters is 2. The summed E-state index contributed by atoms with van der Waals surface area (Å²) in [4.78, 5) is 24.5. The Balaban J connectivity index is 3.29. The quantitative estimate of drug-likeness (QED) is 0.369. The van der Waals surface area contributed by atoms with Gasteiger partial charge in [0.25, 0.3) is 0 Å². The molecule has 0 aliphatic carbocycles. The van der Waals surface area contributed by atoms with Crippen LogP contribution in [0, 0.1) is 5.41 Å². The molecule has 1 fully saturated rings. The van der Waals surface area contributed by atoms with E-state index in [1.54, 1.807) is 6.92 Å². The standard InChI is InChI=1S/C14H26O6Si/c1-6-10-14(5)11(12(15)20-13(14)16)21(17-7-2,18-8-3)19-9-4/h11H,6-10H2,1-5H3. The van der Waals surface area contributed by atoms with Crippen molar-refractivity contribution in [3.05, 3.63) is 0 Å². The van der Waals surface area contributed by atoms with Crippen LogP contribution in [0.5, 0.6) is 0 Å². The highest BCUT2D eigenvalue weighted by atomic mass is 28.4. The molecule has 7 heteroatoms. The van der Waals surface area contributed by atoms with Crippen LogP contribution >= 0.6 is 0 Å². The average Bonchev–Trinajstić information content (AvgIpc) is 2.61. The van der Waals surface area contributed by atoms with E-state index < -0.39 is 31.7 Å². The summed E-state index contributed by atoms with van der Waals surface area (Å²) in [5.41, 5.74) is -1.74. The lowest BCUT2D eigenvalue weighted by molar-refractivity contribution is -0.155. The van der Waals surface area contributed by atoms with Crippen molar-refractivity contribution in [2.24, 2.45) is 5.41 Å². The van der Waals surface area contributed by atoms with Gasteiger partial charge in [0.05, 0.1) is 5.41 Å². The number of hydrogen-bond donors (Lipinski definition) is 0. The molecule has 0 saturated carbocycles. The largest absolute Gasteiger partial charge is 0.517 e. The van der Waals surface area contributed by atoms with Crippen molar-refractivity contribution in [1.82, 2.24) is 0 Å². The Kier molecular flexibility index (Phi) is 6.52. The van der Waals surface area contributed by atoms with Crippen LogP contribution in [-0.2, 0) is 27.6 Å². The van der Waals surface area contributed by atoms with Crippen LogP contribution < -0.4 is 0 Å². The Labute approximate surface area is 127 Å². The number of carbonyl (C=O) groups excluding carboxylic acids is 2. The van der Waals surface area contributed by atoms with Gasteiger partial charge in [-0.05, 0) is 34.1 Å². The molecule has 6 nitrogen and oxygen atoms in total. The molecule has 21 heavy (non-hydrogen) atoms. The van der Waals surface area contributed by atoms with Crippen LogP contribution in [0.1, 0.15) is 47.5 Å². The van der Waals surface area contributed by atoms with Crippen LogP contribution in [0.2, 0.25) is 5.54 Å². The van der Waals surface area contributed by atoms with Crippen molar-refractivity contribution < 1.29 is 27.6 Å². The maximum atomic E-state index is 12.3. The smallest absolute Gasteiger partial charge is 0.393 e. The molecular formula is C14H26O6Si. The Hall–Kier alpha value is -0.763. The molecular weight excluding hydrogens is 292 g/mol. The summed E-state index contributed by atoms with van der Waals surface area (Å²) in [5, 5.41) is 0. The molecule has 0 aromatic rings. The molecule has 2 atom stereocenters. The minimum atomic E-state index is -3.34. The first-order chi connectivity index (χ1) is 9.91. The van der Waals surface area contributed by atoms with Crippen molar-refractivity contribution in [3.8, 4) is 0 Å². The molecule has 0 radical (unpaired) electrons. The molecule has 1 aliphatic rings. The summed E-state index contributed by atoms with van der Waals surface area (Å²) in [5.74, 6) is -1.09. The molecule has 1 saturated heterocycles. The highest BCUT2D eigenvalue weighted by Gasteiger charge is 2.68. The number of carbonyl (C=O) groups is 2. The van der Waals surface area contributed by atoms with Crippen molar-refractivity contribution >= 4 is 20.7 Å². The van der Waals surface area contributed by atoms with Gasteiger partial charge in [0.1, 0.15) is 5.54 Å². The molecule has 0 aromatic carbocycles. The molecule has 0 amide bonds. The van der Waals surface area contributed by atoms with E-state index in [4.69, 9.17) is 18.0 Å². The number of rotatable bonds is 9. The lowest BCUT2D eigenvalue weighted by Gasteiger charge is -2.37. The average molecular weight is 318 g/mol. The molecule has 1 aliphatic heterocycles. The van der Waals surface area contributed by atoms with E-state index in [-0.39, 0.29) is 0 Å². The molecule has 0 bridgehead atoms.